The van der Waals surface area contributed by atoms with Gasteiger partial charge in [0.1, 0.15) is 11.9 Å². The fraction of sp³-hybridized carbons (Fsp3) is 0.700. The van der Waals surface area contributed by atoms with Crippen molar-refractivity contribution < 1.29 is 24.2 Å². The second-order valence-corrected chi connectivity index (χ2v) is 12.9. The molecular weight excluding hydrogens is 440 g/mol. The highest BCUT2D eigenvalue weighted by molar-refractivity contribution is 6.33. The third kappa shape index (κ3) is 3.98. The van der Waals surface area contributed by atoms with Gasteiger partial charge in [-0.05, 0) is 72.1 Å². The number of aliphatic hydroxyl groups is 1. The molecule has 2 fully saturated rings. The molecule has 194 valence electrons. The van der Waals surface area contributed by atoms with Crippen LogP contribution in [0, 0.1) is 28.1 Å². The van der Waals surface area contributed by atoms with Crippen molar-refractivity contribution in [3.05, 3.63) is 34.6 Å². The number of carbonyl (C=O) groups excluding carboxylic acids is 3. The number of Topliss-reactive ketones (excluding diaryl/α,β-unsaturated/α-hetero) is 3. The van der Waals surface area contributed by atoms with Crippen LogP contribution in [-0.2, 0) is 19.1 Å². The number of ether oxygens (including phenoxy) is 1. The summed E-state index contributed by atoms with van der Waals surface area (Å²) in [6, 6.07) is 0. The molecule has 0 aromatic carbocycles. The smallest absolute Gasteiger partial charge is 0.184 e. The predicted octanol–water partition coefficient (Wildman–Crippen LogP) is 5.91. The summed E-state index contributed by atoms with van der Waals surface area (Å²) in [5.41, 5.74) is -2.27. The molecule has 5 nitrogen and oxygen atoms in total. The lowest BCUT2D eigenvalue weighted by Crippen LogP contribution is -2.69. The standard InChI is InChI=1S/C30H44O5/c1-17(2)11-13-20-15-29-16-22(28(9,10)34)35-25(29)21(14-12-18(3)4)24(32)30(26(29)33,27(20,7)8)23(31)19(5)6/h11-12,19-20,22,34H,13-16H2,1-10H3/t20-,22-,29-,30-/m0/s1. The molecule has 2 aliphatic carbocycles. The van der Waals surface area contributed by atoms with Crippen LogP contribution in [0.4, 0.5) is 0 Å². The van der Waals surface area contributed by atoms with Crippen molar-refractivity contribution in [2.45, 2.75) is 107 Å². The van der Waals surface area contributed by atoms with Gasteiger partial charge in [0, 0.05) is 17.9 Å². The third-order valence-corrected chi connectivity index (χ3v) is 8.68. The molecule has 0 aromatic rings. The van der Waals surface area contributed by atoms with Gasteiger partial charge in [0.05, 0.1) is 11.0 Å². The molecule has 35 heavy (non-hydrogen) atoms. The average molecular weight is 485 g/mol. The average Bonchev–Trinajstić information content (AvgIpc) is 3.10. The molecule has 3 aliphatic rings. The van der Waals surface area contributed by atoms with Crippen molar-refractivity contribution in [3.8, 4) is 0 Å². The van der Waals surface area contributed by atoms with Crippen LogP contribution in [0.1, 0.15) is 94.9 Å². The van der Waals surface area contributed by atoms with Crippen LogP contribution in [0.3, 0.4) is 0 Å². The van der Waals surface area contributed by atoms with Crippen molar-refractivity contribution in [1.29, 1.82) is 0 Å². The predicted molar refractivity (Wildman–Crippen MR) is 138 cm³/mol. The van der Waals surface area contributed by atoms with Crippen LogP contribution in [-0.4, -0.2) is 34.2 Å². The van der Waals surface area contributed by atoms with E-state index in [0.717, 1.165) is 11.1 Å². The summed E-state index contributed by atoms with van der Waals surface area (Å²) < 4.78 is 6.35. The van der Waals surface area contributed by atoms with Crippen LogP contribution in [0.15, 0.2) is 34.6 Å². The Morgan fingerprint density at radius 3 is 2.14 bits per heavy atom. The Balaban J connectivity index is 2.40. The van der Waals surface area contributed by atoms with Crippen LogP contribution >= 0.6 is 0 Å². The molecule has 1 N–H and O–H groups in total. The minimum Gasteiger partial charge on any atom is -0.490 e. The molecule has 0 radical (unpaired) electrons. The first-order valence-electron chi connectivity index (χ1n) is 13.0. The summed E-state index contributed by atoms with van der Waals surface area (Å²) in [6.07, 6.45) is 5.24. The second kappa shape index (κ2) is 8.83. The second-order valence-electron chi connectivity index (χ2n) is 12.9. The van der Waals surface area contributed by atoms with Gasteiger partial charge in [-0.15, -0.1) is 0 Å². The van der Waals surface area contributed by atoms with Gasteiger partial charge in [-0.25, -0.2) is 0 Å². The van der Waals surface area contributed by atoms with Crippen LogP contribution in [0.5, 0.6) is 0 Å². The first-order valence-corrected chi connectivity index (χ1v) is 13.0. The van der Waals surface area contributed by atoms with Gasteiger partial charge in [0.25, 0.3) is 0 Å². The zero-order chi connectivity index (χ0) is 26.7. The molecule has 5 heteroatoms. The maximum atomic E-state index is 14.7. The summed E-state index contributed by atoms with van der Waals surface area (Å²) in [6.45, 7) is 18.8. The minimum atomic E-state index is -1.76. The van der Waals surface area contributed by atoms with E-state index in [-0.39, 0.29) is 23.9 Å². The molecule has 1 aliphatic heterocycles. The number of hydrogen-bond acceptors (Lipinski definition) is 5. The topological polar surface area (TPSA) is 80.7 Å². The lowest BCUT2D eigenvalue weighted by molar-refractivity contribution is -0.176. The maximum absolute atomic E-state index is 14.7. The lowest BCUT2D eigenvalue weighted by atomic mass is 9.39. The number of ketones is 3. The van der Waals surface area contributed by atoms with Crippen molar-refractivity contribution >= 4 is 17.3 Å². The molecule has 1 saturated carbocycles. The van der Waals surface area contributed by atoms with E-state index < -0.39 is 39.7 Å². The summed E-state index contributed by atoms with van der Waals surface area (Å²) in [7, 11) is 0. The van der Waals surface area contributed by atoms with E-state index in [9.17, 15) is 19.5 Å². The van der Waals surface area contributed by atoms with Crippen LogP contribution in [0.2, 0.25) is 0 Å². The molecule has 1 saturated heterocycles. The Morgan fingerprint density at radius 1 is 1.09 bits per heavy atom. The molecular formula is C30H44O5. The van der Waals surface area contributed by atoms with Gasteiger partial charge in [-0.1, -0.05) is 51.0 Å². The van der Waals surface area contributed by atoms with Crippen molar-refractivity contribution in [2.75, 3.05) is 0 Å². The van der Waals surface area contributed by atoms with E-state index in [1.54, 1.807) is 27.7 Å². The van der Waals surface area contributed by atoms with Crippen molar-refractivity contribution in [3.63, 3.8) is 0 Å². The molecule has 0 amide bonds. The van der Waals surface area contributed by atoms with Gasteiger partial charge >= 0.3 is 0 Å². The molecule has 0 unspecified atom stereocenters. The van der Waals surface area contributed by atoms with E-state index in [1.807, 2.05) is 47.6 Å². The van der Waals surface area contributed by atoms with E-state index in [2.05, 4.69) is 6.08 Å². The Hall–Kier alpha value is -2.01. The van der Waals surface area contributed by atoms with E-state index in [1.165, 1.54) is 0 Å². The monoisotopic (exact) mass is 484 g/mol. The maximum Gasteiger partial charge on any atom is 0.184 e. The molecule has 4 atom stereocenters. The SMILES string of the molecule is CC(C)=CCC1=C2O[C@H](C(C)(C)O)C[C@@]23C[C@H](CC=C(C)C)C(C)(C)[C@@](C(=O)C(C)C)(C1=O)C3=O. The minimum absolute atomic E-state index is 0.0779. The first-order chi connectivity index (χ1) is 15.9. The fourth-order valence-corrected chi connectivity index (χ4v) is 6.50. The summed E-state index contributed by atoms with van der Waals surface area (Å²) in [5, 5.41) is 10.9. The highest BCUT2D eigenvalue weighted by atomic mass is 16.5. The zero-order valence-corrected chi connectivity index (χ0v) is 23.3. The van der Waals surface area contributed by atoms with Crippen molar-refractivity contribution in [1.82, 2.24) is 0 Å². The summed E-state index contributed by atoms with van der Waals surface area (Å²) in [5.74, 6) is -1.14. The highest BCUT2D eigenvalue weighted by Gasteiger charge is 2.77. The molecule has 3 rings (SSSR count). The number of fused-ring (bicyclic) bond motifs is 1. The highest BCUT2D eigenvalue weighted by Crippen LogP contribution is 2.68. The molecule has 1 heterocycles. The van der Waals surface area contributed by atoms with Gasteiger partial charge in [0.2, 0.25) is 0 Å². The van der Waals surface area contributed by atoms with Crippen LogP contribution < -0.4 is 0 Å². The van der Waals surface area contributed by atoms with Gasteiger partial charge in [-0.2, -0.15) is 0 Å². The summed E-state index contributed by atoms with van der Waals surface area (Å²) in [4.78, 5) is 43.3. The first kappa shape index (κ1) is 27.6. The molecule has 0 aromatic heterocycles. The number of hydrogen-bond donors (Lipinski definition) is 1. The Morgan fingerprint density at radius 2 is 1.66 bits per heavy atom. The Kier molecular flexibility index (Phi) is 6.96. The molecule has 1 spiro atoms. The largest absolute Gasteiger partial charge is 0.490 e. The quantitative estimate of drug-likeness (QED) is 0.359. The third-order valence-electron chi connectivity index (χ3n) is 8.68. The number of allylic oxidation sites excluding steroid dienone is 6. The number of rotatable bonds is 7. The Labute approximate surface area is 211 Å². The van der Waals surface area contributed by atoms with Gasteiger partial charge in [0.15, 0.2) is 22.8 Å². The van der Waals surface area contributed by atoms with Gasteiger partial charge in [-0.3, -0.25) is 14.4 Å². The normalized spacial score (nSPS) is 31.8. The fourth-order valence-electron chi connectivity index (χ4n) is 6.50. The van der Waals surface area contributed by atoms with Crippen molar-refractivity contribution in [2.24, 2.45) is 28.1 Å². The Bertz CT molecular complexity index is 1020. The van der Waals surface area contributed by atoms with E-state index in [0.29, 0.717) is 30.6 Å². The van der Waals surface area contributed by atoms with E-state index >= 15 is 0 Å². The summed E-state index contributed by atoms with van der Waals surface area (Å²) >= 11 is 0. The molecule has 2 bridgehead atoms. The zero-order valence-electron chi connectivity index (χ0n) is 23.3. The van der Waals surface area contributed by atoms with Gasteiger partial charge < -0.3 is 9.84 Å². The van der Waals surface area contributed by atoms with Crippen LogP contribution in [0.25, 0.3) is 0 Å². The van der Waals surface area contributed by atoms with E-state index in [4.69, 9.17) is 4.74 Å². The number of carbonyl (C=O) groups is 3. The lowest BCUT2D eigenvalue weighted by Gasteiger charge is -2.59.